The van der Waals surface area contributed by atoms with E-state index in [1.54, 1.807) is 0 Å². The first-order valence-electron chi connectivity index (χ1n) is 4.87. The van der Waals surface area contributed by atoms with Crippen molar-refractivity contribution in [1.82, 2.24) is 5.32 Å². The average Bonchev–Trinajstić information content (AvgIpc) is 2.41. The molecular weight excluding hydrogens is 190 g/mol. The van der Waals surface area contributed by atoms with Crippen LogP contribution in [-0.4, -0.2) is 18.8 Å². The van der Waals surface area contributed by atoms with E-state index in [2.05, 4.69) is 36.2 Å². The molecule has 1 rings (SSSR count). The molecule has 0 bridgehead atoms. The van der Waals surface area contributed by atoms with Crippen molar-refractivity contribution in [1.29, 1.82) is 0 Å². The molecular formula is C12H17NS. The van der Waals surface area contributed by atoms with Gasteiger partial charge in [-0.15, -0.1) is 11.8 Å². The molecule has 0 aliphatic carbocycles. The lowest BCUT2D eigenvalue weighted by Crippen LogP contribution is -2.16. The molecule has 0 aromatic rings. The van der Waals surface area contributed by atoms with Crippen LogP contribution in [0.4, 0.5) is 0 Å². The van der Waals surface area contributed by atoms with E-state index in [-0.39, 0.29) is 0 Å². The number of hydrogen-bond acceptors (Lipinski definition) is 2. The van der Waals surface area contributed by atoms with Crippen molar-refractivity contribution in [3.8, 4) is 0 Å². The highest BCUT2D eigenvalue weighted by Crippen LogP contribution is 2.25. The van der Waals surface area contributed by atoms with Gasteiger partial charge in [-0.25, -0.2) is 0 Å². The van der Waals surface area contributed by atoms with Gasteiger partial charge >= 0.3 is 0 Å². The summed E-state index contributed by atoms with van der Waals surface area (Å²) in [6, 6.07) is 0. The van der Waals surface area contributed by atoms with E-state index in [4.69, 9.17) is 0 Å². The normalized spacial score (nSPS) is 24.4. The molecule has 0 radical (unpaired) electrons. The minimum Gasteiger partial charge on any atom is -0.312 e. The Balaban J connectivity index is 2.84. The molecule has 0 aromatic heterocycles. The molecule has 1 aliphatic rings. The number of thioether (sulfide) groups is 1. The zero-order chi connectivity index (χ0) is 10.2. The predicted octanol–water partition coefficient (Wildman–Crippen LogP) is 2.90. The first-order valence-corrected chi connectivity index (χ1v) is 5.85. The summed E-state index contributed by atoms with van der Waals surface area (Å²) in [5, 5.41) is 3.39. The van der Waals surface area contributed by atoms with Crippen molar-refractivity contribution in [3.05, 3.63) is 47.4 Å². The summed E-state index contributed by atoms with van der Waals surface area (Å²) in [7, 11) is 0. The fraction of sp³-hybridized carbons (Fsp3) is 0.333. The molecule has 14 heavy (non-hydrogen) atoms. The monoisotopic (exact) mass is 207 g/mol. The lowest BCUT2D eigenvalue weighted by molar-refractivity contribution is 0.797. The maximum absolute atomic E-state index is 3.74. The molecule has 0 spiro atoms. The Hall–Kier alpha value is -0.730. The van der Waals surface area contributed by atoms with Gasteiger partial charge in [-0.05, 0) is 18.6 Å². The van der Waals surface area contributed by atoms with Crippen molar-refractivity contribution in [3.63, 3.8) is 0 Å². The summed E-state index contributed by atoms with van der Waals surface area (Å²) in [5.41, 5.74) is 1.33. The molecule has 1 saturated heterocycles. The lowest BCUT2D eigenvalue weighted by atomic mass is 10.2. The zero-order valence-electron chi connectivity index (χ0n) is 8.62. The van der Waals surface area contributed by atoms with E-state index in [0.29, 0.717) is 0 Å². The van der Waals surface area contributed by atoms with Crippen molar-refractivity contribution in [2.24, 2.45) is 0 Å². The molecule has 0 unspecified atom stereocenters. The smallest absolute Gasteiger partial charge is 0.0216 e. The van der Waals surface area contributed by atoms with Crippen LogP contribution in [0, 0.1) is 0 Å². The van der Waals surface area contributed by atoms with Crippen LogP contribution in [0.2, 0.25) is 0 Å². The van der Waals surface area contributed by atoms with Gasteiger partial charge in [-0.1, -0.05) is 30.9 Å². The Kier molecular flexibility index (Phi) is 5.42. The fourth-order valence-corrected chi connectivity index (χ4v) is 2.22. The molecule has 1 N–H and O–H groups in total. The highest BCUT2D eigenvalue weighted by atomic mass is 32.2. The zero-order valence-corrected chi connectivity index (χ0v) is 9.44. The minimum atomic E-state index is 0.947. The molecule has 0 aromatic carbocycles. The van der Waals surface area contributed by atoms with Gasteiger partial charge < -0.3 is 5.32 Å². The van der Waals surface area contributed by atoms with E-state index >= 15 is 0 Å². The second-order valence-electron chi connectivity index (χ2n) is 3.01. The Morgan fingerprint density at radius 2 is 2.29 bits per heavy atom. The summed E-state index contributed by atoms with van der Waals surface area (Å²) in [6.45, 7) is 7.80. The number of hydrogen-bond donors (Lipinski definition) is 1. The van der Waals surface area contributed by atoms with Crippen LogP contribution < -0.4 is 5.32 Å². The number of nitrogens with one attached hydrogen (secondary N) is 1. The third-order valence-electron chi connectivity index (χ3n) is 1.93. The van der Waals surface area contributed by atoms with Crippen molar-refractivity contribution < 1.29 is 0 Å². The second kappa shape index (κ2) is 6.68. The lowest BCUT2D eigenvalue weighted by Gasteiger charge is -2.05. The van der Waals surface area contributed by atoms with Gasteiger partial charge in [0.05, 0.1) is 0 Å². The molecule has 1 aliphatic heterocycles. The SMILES string of the molecule is C=C/C=C1/CNCCS/C1=C/C=C\C. The van der Waals surface area contributed by atoms with E-state index in [1.165, 1.54) is 10.5 Å². The minimum absolute atomic E-state index is 0.947. The third kappa shape index (κ3) is 3.56. The van der Waals surface area contributed by atoms with Crippen molar-refractivity contribution in [2.75, 3.05) is 18.8 Å². The standard InChI is InChI=1S/C12H17NS/c1-3-5-7-12-11(6-4-2)10-13-8-9-14-12/h3-7,13H,2,8-10H2,1H3/b5-3-,11-6-,12-7+. The summed E-state index contributed by atoms with van der Waals surface area (Å²) in [4.78, 5) is 1.35. The molecule has 0 saturated carbocycles. The highest BCUT2D eigenvalue weighted by Gasteiger charge is 2.08. The number of rotatable bonds is 2. The summed E-state index contributed by atoms with van der Waals surface area (Å²) in [6.07, 6.45) is 10.3. The van der Waals surface area contributed by atoms with E-state index in [9.17, 15) is 0 Å². The molecule has 1 fully saturated rings. The number of allylic oxidation sites excluding steroid dienone is 5. The quantitative estimate of drug-likeness (QED) is 0.747. The maximum atomic E-state index is 3.74. The molecule has 76 valence electrons. The van der Waals surface area contributed by atoms with Gasteiger partial charge in [-0.2, -0.15) is 0 Å². The Labute approximate surface area is 90.7 Å². The van der Waals surface area contributed by atoms with Gasteiger partial charge in [0.25, 0.3) is 0 Å². The van der Waals surface area contributed by atoms with Crippen LogP contribution in [0.3, 0.4) is 0 Å². The Bertz CT molecular complexity index is 274. The highest BCUT2D eigenvalue weighted by molar-refractivity contribution is 8.03. The molecule has 2 heteroatoms. The second-order valence-corrected chi connectivity index (χ2v) is 4.15. The largest absolute Gasteiger partial charge is 0.312 e. The maximum Gasteiger partial charge on any atom is 0.0216 e. The third-order valence-corrected chi connectivity index (χ3v) is 3.04. The first kappa shape index (κ1) is 11.3. The summed E-state index contributed by atoms with van der Waals surface area (Å²) in [5.74, 6) is 1.14. The Morgan fingerprint density at radius 3 is 3.00 bits per heavy atom. The summed E-state index contributed by atoms with van der Waals surface area (Å²) < 4.78 is 0. The molecule has 1 nitrogen and oxygen atoms in total. The fourth-order valence-electron chi connectivity index (χ4n) is 1.26. The van der Waals surface area contributed by atoms with Gasteiger partial charge in [0.2, 0.25) is 0 Å². The average molecular weight is 207 g/mol. The van der Waals surface area contributed by atoms with E-state index in [0.717, 1.165) is 18.8 Å². The first-order chi connectivity index (χ1) is 6.88. The molecule has 1 heterocycles. The molecule has 0 amide bonds. The van der Waals surface area contributed by atoms with Crippen LogP contribution in [0.5, 0.6) is 0 Å². The van der Waals surface area contributed by atoms with Crippen LogP contribution >= 0.6 is 11.8 Å². The van der Waals surface area contributed by atoms with E-state index < -0.39 is 0 Å². The summed E-state index contributed by atoms with van der Waals surface area (Å²) >= 11 is 1.90. The van der Waals surface area contributed by atoms with Crippen LogP contribution in [0.15, 0.2) is 47.4 Å². The van der Waals surface area contributed by atoms with Crippen LogP contribution in [-0.2, 0) is 0 Å². The van der Waals surface area contributed by atoms with Gasteiger partial charge in [0.15, 0.2) is 0 Å². The molecule has 0 atom stereocenters. The van der Waals surface area contributed by atoms with Gasteiger partial charge in [-0.3, -0.25) is 0 Å². The predicted molar refractivity (Wildman–Crippen MR) is 66.5 cm³/mol. The van der Waals surface area contributed by atoms with Gasteiger partial charge in [0.1, 0.15) is 0 Å². The van der Waals surface area contributed by atoms with Crippen LogP contribution in [0.25, 0.3) is 0 Å². The van der Waals surface area contributed by atoms with Crippen molar-refractivity contribution >= 4 is 11.8 Å². The topological polar surface area (TPSA) is 12.0 Å². The van der Waals surface area contributed by atoms with Crippen molar-refractivity contribution in [2.45, 2.75) is 6.92 Å². The van der Waals surface area contributed by atoms with E-state index in [1.807, 2.05) is 24.8 Å². The Morgan fingerprint density at radius 1 is 1.43 bits per heavy atom. The van der Waals surface area contributed by atoms with Gasteiger partial charge in [0, 0.05) is 23.7 Å². The van der Waals surface area contributed by atoms with Crippen LogP contribution in [0.1, 0.15) is 6.92 Å².